The first-order valence-corrected chi connectivity index (χ1v) is 19.1. The average Bonchev–Trinajstić information content (AvgIpc) is 3.17. The first kappa shape index (κ1) is 37.4. The number of anilines is 5. The Kier molecular flexibility index (Phi) is 12.8. The largest absolute Gasteiger partial charge is 0.314 e. The predicted octanol–water partition coefficient (Wildman–Crippen LogP) is 14.8. The van der Waals surface area contributed by atoms with Crippen molar-refractivity contribution in [2.24, 2.45) is 0 Å². The molecule has 1 saturated carbocycles. The quantitative estimate of drug-likeness (QED) is 0.136. The van der Waals surface area contributed by atoms with E-state index in [-0.39, 0.29) is 5.41 Å². The Hall–Kier alpha value is -4.82. The molecular formula is C49H58N2. The van der Waals surface area contributed by atoms with Crippen molar-refractivity contribution in [2.75, 3.05) is 9.80 Å². The second-order valence-corrected chi connectivity index (χ2v) is 14.2. The fourth-order valence-corrected chi connectivity index (χ4v) is 7.38. The van der Waals surface area contributed by atoms with E-state index < -0.39 is 0 Å². The Morgan fingerprint density at radius 2 is 0.863 bits per heavy atom. The maximum atomic E-state index is 2.43. The van der Waals surface area contributed by atoms with Crippen LogP contribution in [0.3, 0.4) is 0 Å². The van der Waals surface area contributed by atoms with Crippen molar-refractivity contribution in [2.45, 2.75) is 99.3 Å². The summed E-state index contributed by atoms with van der Waals surface area (Å²) in [6.45, 7) is 17.0. The zero-order chi connectivity index (χ0) is 36.4. The third kappa shape index (κ3) is 8.74. The SMILES string of the molecule is CC.CC/C(=C\C=C(C)C)N(c1ccc(C)cc1)c1ccc(C2(c3ccc(N(c4ccc(C)cc4)c4ccc(C)cc4)cc3)CCCCC2)cc1. The molecule has 6 rings (SSSR count). The lowest BCUT2D eigenvalue weighted by Crippen LogP contribution is -2.30. The lowest BCUT2D eigenvalue weighted by Gasteiger charge is -2.39. The molecule has 1 aliphatic rings. The standard InChI is InChI=1S/C47H52N2.C2H6/c1-7-41(22-11-35(2)3)48(42-23-12-36(4)13-24-42)45-29-18-39(19-30-45)47(33-9-8-10-34-47)40-20-31-46(32-21-40)49(43-25-14-37(5)15-26-43)44-27-16-38(6)17-28-44;1-2/h11-32H,7-10,33-34H2,1-6H3;1-2H3/b41-22+;. The van der Waals surface area contributed by atoms with Gasteiger partial charge in [-0.15, -0.1) is 0 Å². The van der Waals surface area contributed by atoms with Crippen LogP contribution in [0.4, 0.5) is 28.4 Å². The molecule has 0 aromatic heterocycles. The summed E-state index contributed by atoms with van der Waals surface area (Å²) in [6.07, 6.45) is 11.6. The van der Waals surface area contributed by atoms with E-state index in [1.165, 1.54) is 99.6 Å². The summed E-state index contributed by atoms with van der Waals surface area (Å²) in [5, 5.41) is 0. The first-order valence-electron chi connectivity index (χ1n) is 19.1. The molecule has 5 aromatic rings. The monoisotopic (exact) mass is 674 g/mol. The van der Waals surface area contributed by atoms with Crippen LogP contribution in [0, 0.1) is 20.8 Å². The molecule has 51 heavy (non-hydrogen) atoms. The van der Waals surface area contributed by atoms with Gasteiger partial charge in [0.15, 0.2) is 0 Å². The lowest BCUT2D eigenvalue weighted by molar-refractivity contribution is 0.346. The maximum absolute atomic E-state index is 2.43. The zero-order valence-corrected chi connectivity index (χ0v) is 32.3. The van der Waals surface area contributed by atoms with Gasteiger partial charge in [0.05, 0.1) is 0 Å². The Labute approximate surface area is 309 Å². The molecule has 0 unspecified atom stereocenters. The van der Waals surface area contributed by atoms with Gasteiger partial charge in [0.1, 0.15) is 0 Å². The van der Waals surface area contributed by atoms with Gasteiger partial charge < -0.3 is 9.80 Å². The van der Waals surface area contributed by atoms with Crippen molar-refractivity contribution in [3.05, 3.63) is 173 Å². The molecule has 5 aromatic carbocycles. The normalized spacial score (nSPS) is 13.8. The van der Waals surface area contributed by atoms with E-state index in [1.54, 1.807) is 0 Å². The molecule has 2 nitrogen and oxygen atoms in total. The molecule has 0 atom stereocenters. The molecule has 0 heterocycles. The van der Waals surface area contributed by atoms with E-state index in [0.717, 1.165) is 6.42 Å². The highest BCUT2D eigenvalue weighted by molar-refractivity contribution is 5.77. The smallest absolute Gasteiger partial charge is 0.0461 e. The highest BCUT2D eigenvalue weighted by Crippen LogP contribution is 2.47. The Morgan fingerprint density at radius 3 is 1.24 bits per heavy atom. The van der Waals surface area contributed by atoms with Crippen LogP contribution in [-0.4, -0.2) is 0 Å². The van der Waals surface area contributed by atoms with E-state index in [2.05, 4.69) is 185 Å². The highest BCUT2D eigenvalue weighted by Gasteiger charge is 2.36. The van der Waals surface area contributed by atoms with Crippen molar-refractivity contribution >= 4 is 28.4 Å². The van der Waals surface area contributed by atoms with Crippen LogP contribution in [0.2, 0.25) is 0 Å². The van der Waals surface area contributed by atoms with Gasteiger partial charge in [-0.1, -0.05) is 129 Å². The Bertz CT molecular complexity index is 1820. The number of rotatable bonds is 10. The van der Waals surface area contributed by atoms with Gasteiger partial charge in [0.25, 0.3) is 0 Å². The van der Waals surface area contributed by atoms with E-state index in [4.69, 9.17) is 0 Å². The predicted molar refractivity (Wildman–Crippen MR) is 223 cm³/mol. The number of nitrogens with zero attached hydrogens (tertiary/aromatic N) is 2. The molecule has 0 saturated heterocycles. The summed E-state index contributed by atoms with van der Waals surface area (Å²) < 4.78 is 0. The van der Waals surface area contributed by atoms with Crippen LogP contribution in [0.25, 0.3) is 0 Å². The van der Waals surface area contributed by atoms with Gasteiger partial charge in [-0.2, -0.15) is 0 Å². The summed E-state index contributed by atoms with van der Waals surface area (Å²) >= 11 is 0. The maximum Gasteiger partial charge on any atom is 0.0461 e. The minimum atomic E-state index is 0.00797. The minimum Gasteiger partial charge on any atom is -0.314 e. The molecule has 264 valence electrons. The van der Waals surface area contributed by atoms with Crippen LogP contribution >= 0.6 is 0 Å². The van der Waals surface area contributed by atoms with Crippen LogP contribution < -0.4 is 9.80 Å². The number of benzene rings is 5. The summed E-state index contributed by atoms with van der Waals surface area (Å²) in [5.41, 5.74) is 15.2. The summed E-state index contributed by atoms with van der Waals surface area (Å²) in [6, 6.07) is 45.6. The van der Waals surface area contributed by atoms with Crippen LogP contribution in [0.5, 0.6) is 0 Å². The van der Waals surface area contributed by atoms with Crippen LogP contribution in [0.1, 0.15) is 101 Å². The molecular weight excluding hydrogens is 617 g/mol. The van der Waals surface area contributed by atoms with E-state index in [0.29, 0.717) is 0 Å². The lowest BCUT2D eigenvalue weighted by atomic mass is 9.65. The van der Waals surface area contributed by atoms with E-state index >= 15 is 0 Å². The van der Waals surface area contributed by atoms with Crippen molar-refractivity contribution in [3.63, 3.8) is 0 Å². The fourth-order valence-electron chi connectivity index (χ4n) is 7.38. The summed E-state index contributed by atoms with van der Waals surface area (Å²) in [5.74, 6) is 0. The van der Waals surface area contributed by atoms with Gasteiger partial charge in [-0.05, 0) is 132 Å². The van der Waals surface area contributed by atoms with Gasteiger partial charge in [0.2, 0.25) is 0 Å². The van der Waals surface area contributed by atoms with Crippen LogP contribution in [-0.2, 0) is 5.41 Å². The number of hydrogen-bond acceptors (Lipinski definition) is 2. The molecule has 1 aliphatic carbocycles. The molecule has 0 aliphatic heterocycles. The third-order valence-corrected chi connectivity index (χ3v) is 10.2. The topological polar surface area (TPSA) is 6.48 Å². The minimum absolute atomic E-state index is 0.00797. The Morgan fingerprint density at radius 1 is 0.510 bits per heavy atom. The van der Waals surface area contributed by atoms with Gasteiger partial charge in [0, 0.05) is 39.5 Å². The van der Waals surface area contributed by atoms with E-state index in [1.807, 2.05) is 13.8 Å². The van der Waals surface area contributed by atoms with Gasteiger partial charge in [-0.3, -0.25) is 0 Å². The molecule has 1 fully saturated rings. The molecule has 0 bridgehead atoms. The molecule has 0 N–H and O–H groups in total. The second-order valence-electron chi connectivity index (χ2n) is 14.2. The summed E-state index contributed by atoms with van der Waals surface area (Å²) in [4.78, 5) is 4.80. The second kappa shape index (κ2) is 17.4. The molecule has 0 amide bonds. The first-order chi connectivity index (χ1) is 24.8. The Balaban J connectivity index is 0.00000248. The van der Waals surface area contributed by atoms with E-state index in [9.17, 15) is 0 Å². The number of hydrogen-bond donors (Lipinski definition) is 0. The van der Waals surface area contributed by atoms with Crippen molar-refractivity contribution in [1.82, 2.24) is 0 Å². The van der Waals surface area contributed by atoms with Gasteiger partial charge in [-0.25, -0.2) is 0 Å². The molecule has 0 radical (unpaired) electrons. The molecule has 2 heteroatoms. The van der Waals surface area contributed by atoms with Crippen molar-refractivity contribution < 1.29 is 0 Å². The van der Waals surface area contributed by atoms with Crippen LogP contribution in [0.15, 0.2) is 145 Å². The number of allylic oxidation sites excluding steroid dienone is 4. The molecule has 0 spiro atoms. The summed E-state index contributed by atoms with van der Waals surface area (Å²) in [7, 11) is 0. The highest BCUT2D eigenvalue weighted by atomic mass is 15.1. The van der Waals surface area contributed by atoms with Crippen molar-refractivity contribution in [3.8, 4) is 0 Å². The number of aryl methyl sites for hydroxylation is 3. The van der Waals surface area contributed by atoms with Gasteiger partial charge >= 0.3 is 0 Å². The average molecular weight is 675 g/mol. The zero-order valence-electron chi connectivity index (χ0n) is 32.3. The fraction of sp³-hybridized carbons (Fsp3) is 0.306. The van der Waals surface area contributed by atoms with Crippen molar-refractivity contribution in [1.29, 1.82) is 0 Å². The third-order valence-electron chi connectivity index (χ3n) is 10.2.